The number of thiocarbonyl (C=S) groups is 1. The summed E-state index contributed by atoms with van der Waals surface area (Å²) in [6.45, 7) is 6.00. The molecular formula is C16H19N3O4S. The highest BCUT2D eigenvalue weighted by Gasteiger charge is 2.10. The number of benzene rings is 1. The molecule has 1 heterocycles. The number of carbonyl (C=O) groups excluding carboxylic acids is 1. The number of rotatable bonds is 4. The van der Waals surface area contributed by atoms with Gasteiger partial charge in [0.2, 0.25) is 0 Å². The second-order valence-electron chi connectivity index (χ2n) is 5.18. The van der Waals surface area contributed by atoms with Gasteiger partial charge in [0.15, 0.2) is 11.7 Å². The molecule has 2 rings (SSSR count). The highest BCUT2D eigenvalue weighted by molar-refractivity contribution is 7.80. The van der Waals surface area contributed by atoms with Crippen LogP contribution in [0.15, 0.2) is 27.4 Å². The van der Waals surface area contributed by atoms with Crippen LogP contribution < -0.4 is 26.5 Å². The van der Waals surface area contributed by atoms with Crippen LogP contribution in [0.3, 0.4) is 0 Å². The summed E-state index contributed by atoms with van der Waals surface area (Å²) in [6.07, 6.45) is 0. The van der Waals surface area contributed by atoms with Gasteiger partial charge in [0, 0.05) is 18.0 Å². The Morgan fingerprint density at radius 3 is 2.67 bits per heavy atom. The summed E-state index contributed by atoms with van der Waals surface area (Å²) in [6, 6.07) is 4.89. The molecule has 0 unspecified atom stereocenters. The summed E-state index contributed by atoms with van der Waals surface area (Å²) in [5, 5.41) is 3.94. The number of hydrogen-bond acceptors (Lipinski definition) is 5. The Bertz CT molecular complexity index is 832. The third kappa shape index (κ3) is 4.45. The van der Waals surface area contributed by atoms with E-state index < -0.39 is 5.63 Å². The van der Waals surface area contributed by atoms with E-state index in [1.54, 1.807) is 12.1 Å². The average molecular weight is 349 g/mol. The van der Waals surface area contributed by atoms with E-state index in [1.807, 2.05) is 20.8 Å². The number of carbonyl (C=O) groups is 1. The molecule has 128 valence electrons. The molecule has 8 heteroatoms. The van der Waals surface area contributed by atoms with E-state index in [2.05, 4.69) is 16.2 Å². The summed E-state index contributed by atoms with van der Waals surface area (Å²) in [7, 11) is 0. The molecule has 0 aliphatic rings. The van der Waals surface area contributed by atoms with E-state index in [0.717, 1.165) is 16.5 Å². The molecule has 7 nitrogen and oxygen atoms in total. The highest BCUT2D eigenvalue weighted by atomic mass is 32.1. The van der Waals surface area contributed by atoms with Crippen LogP contribution in [0.4, 0.5) is 0 Å². The van der Waals surface area contributed by atoms with Crippen molar-refractivity contribution in [1.82, 2.24) is 16.2 Å². The lowest BCUT2D eigenvalue weighted by atomic mass is 10.1. The van der Waals surface area contributed by atoms with Gasteiger partial charge >= 0.3 is 5.63 Å². The molecule has 2 aromatic rings. The smallest absolute Gasteiger partial charge is 0.336 e. The predicted molar refractivity (Wildman–Crippen MR) is 95.0 cm³/mol. The van der Waals surface area contributed by atoms with Crippen molar-refractivity contribution in [2.24, 2.45) is 0 Å². The lowest BCUT2D eigenvalue weighted by molar-refractivity contribution is -0.123. The van der Waals surface area contributed by atoms with Crippen LogP contribution in [0.5, 0.6) is 5.75 Å². The van der Waals surface area contributed by atoms with Gasteiger partial charge in [-0.1, -0.05) is 0 Å². The SMILES string of the molecule is CCNC(=S)NNC(=O)COc1cc2c(C)cc(=O)oc2cc1C. The van der Waals surface area contributed by atoms with Crippen molar-refractivity contribution in [3.63, 3.8) is 0 Å². The maximum Gasteiger partial charge on any atom is 0.336 e. The minimum Gasteiger partial charge on any atom is -0.483 e. The lowest BCUT2D eigenvalue weighted by Gasteiger charge is -2.12. The highest BCUT2D eigenvalue weighted by Crippen LogP contribution is 2.26. The predicted octanol–water partition coefficient (Wildman–Crippen LogP) is 1.30. The van der Waals surface area contributed by atoms with Gasteiger partial charge in [-0.3, -0.25) is 15.6 Å². The molecule has 0 aliphatic carbocycles. The Labute approximate surface area is 144 Å². The number of ether oxygens (including phenoxy) is 1. The van der Waals surface area contributed by atoms with Crippen LogP contribution in [0.1, 0.15) is 18.1 Å². The first-order valence-corrected chi connectivity index (χ1v) is 7.82. The Kier molecular flexibility index (Phi) is 5.75. The van der Waals surface area contributed by atoms with Crippen LogP contribution in [0, 0.1) is 13.8 Å². The van der Waals surface area contributed by atoms with E-state index in [-0.39, 0.29) is 12.5 Å². The van der Waals surface area contributed by atoms with Gasteiger partial charge in [-0.05, 0) is 56.2 Å². The molecule has 0 radical (unpaired) electrons. The number of fused-ring (bicyclic) bond motifs is 1. The molecular weight excluding hydrogens is 330 g/mol. The topological polar surface area (TPSA) is 92.6 Å². The fourth-order valence-electron chi connectivity index (χ4n) is 2.11. The molecule has 0 atom stereocenters. The number of nitrogens with one attached hydrogen (secondary N) is 3. The molecule has 0 fully saturated rings. The second-order valence-corrected chi connectivity index (χ2v) is 5.59. The lowest BCUT2D eigenvalue weighted by Crippen LogP contribution is -2.48. The maximum atomic E-state index is 11.8. The van der Waals surface area contributed by atoms with Crippen molar-refractivity contribution in [2.45, 2.75) is 20.8 Å². The van der Waals surface area contributed by atoms with Crippen molar-refractivity contribution >= 4 is 34.2 Å². The van der Waals surface area contributed by atoms with Crippen molar-refractivity contribution < 1.29 is 13.9 Å². The molecule has 1 aromatic carbocycles. The summed E-state index contributed by atoms with van der Waals surface area (Å²) in [5.41, 5.74) is 6.65. The first-order valence-electron chi connectivity index (χ1n) is 7.41. The Balaban J connectivity index is 2.05. The van der Waals surface area contributed by atoms with Crippen molar-refractivity contribution in [3.05, 3.63) is 39.7 Å². The first-order chi connectivity index (χ1) is 11.4. The Morgan fingerprint density at radius 2 is 1.96 bits per heavy atom. The van der Waals surface area contributed by atoms with Crippen molar-refractivity contribution in [3.8, 4) is 5.75 Å². The molecule has 1 amide bonds. The normalized spacial score (nSPS) is 10.3. The average Bonchev–Trinajstić information content (AvgIpc) is 2.51. The van der Waals surface area contributed by atoms with E-state index in [4.69, 9.17) is 21.4 Å². The summed E-state index contributed by atoms with van der Waals surface area (Å²) < 4.78 is 10.7. The number of amides is 1. The maximum absolute atomic E-state index is 11.8. The van der Waals surface area contributed by atoms with Crippen molar-refractivity contribution in [1.29, 1.82) is 0 Å². The van der Waals surface area contributed by atoms with Crippen LogP contribution in [-0.2, 0) is 4.79 Å². The zero-order chi connectivity index (χ0) is 17.7. The van der Waals surface area contributed by atoms with E-state index >= 15 is 0 Å². The quantitative estimate of drug-likeness (QED) is 0.435. The summed E-state index contributed by atoms with van der Waals surface area (Å²) in [5.74, 6) is 0.176. The molecule has 0 saturated heterocycles. The largest absolute Gasteiger partial charge is 0.483 e. The minimum absolute atomic E-state index is 0.177. The Hall–Kier alpha value is -2.61. The van der Waals surface area contributed by atoms with Gasteiger partial charge in [0.25, 0.3) is 5.91 Å². The van der Waals surface area contributed by atoms with Gasteiger partial charge < -0.3 is 14.5 Å². The van der Waals surface area contributed by atoms with Crippen LogP contribution >= 0.6 is 12.2 Å². The fourth-order valence-corrected chi connectivity index (χ4v) is 2.31. The molecule has 1 aromatic heterocycles. The minimum atomic E-state index is -0.393. The monoisotopic (exact) mass is 349 g/mol. The molecule has 24 heavy (non-hydrogen) atoms. The van der Waals surface area contributed by atoms with Crippen LogP contribution in [0.25, 0.3) is 11.0 Å². The third-order valence-electron chi connectivity index (χ3n) is 3.26. The zero-order valence-corrected chi connectivity index (χ0v) is 14.5. The summed E-state index contributed by atoms with van der Waals surface area (Å²) in [4.78, 5) is 23.2. The van der Waals surface area contributed by atoms with Gasteiger partial charge in [0.05, 0.1) is 0 Å². The van der Waals surface area contributed by atoms with Gasteiger partial charge in [-0.15, -0.1) is 0 Å². The molecule has 0 bridgehead atoms. The van der Waals surface area contributed by atoms with E-state index in [1.165, 1.54) is 6.07 Å². The Morgan fingerprint density at radius 1 is 1.21 bits per heavy atom. The van der Waals surface area contributed by atoms with Gasteiger partial charge in [-0.25, -0.2) is 4.79 Å². The third-order valence-corrected chi connectivity index (χ3v) is 3.50. The zero-order valence-electron chi connectivity index (χ0n) is 13.7. The number of hydrogen-bond donors (Lipinski definition) is 3. The number of hydrazine groups is 1. The van der Waals surface area contributed by atoms with Crippen molar-refractivity contribution in [2.75, 3.05) is 13.2 Å². The van der Waals surface area contributed by atoms with Crippen LogP contribution in [0.2, 0.25) is 0 Å². The van der Waals surface area contributed by atoms with E-state index in [0.29, 0.717) is 23.0 Å². The fraction of sp³-hybridized carbons (Fsp3) is 0.312. The molecule has 0 saturated carbocycles. The molecule has 0 spiro atoms. The second kappa shape index (κ2) is 7.78. The van der Waals surface area contributed by atoms with Crippen LogP contribution in [-0.4, -0.2) is 24.2 Å². The first kappa shape index (κ1) is 17.7. The van der Waals surface area contributed by atoms with Gasteiger partial charge in [-0.2, -0.15) is 0 Å². The molecule has 0 aliphatic heterocycles. The standard InChI is InChI=1S/C16H19N3O4S/c1-4-17-16(24)19-18-14(20)8-22-12-7-11-9(2)6-15(21)23-13(11)5-10(12)3/h5-7H,4,8H2,1-3H3,(H,18,20)(H2,17,19,24). The van der Waals surface area contributed by atoms with E-state index in [9.17, 15) is 9.59 Å². The summed E-state index contributed by atoms with van der Waals surface area (Å²) >= 11 is 4.93. The van der Waals surface area contributed by atoms with Gasteiger partial charge in [0.1, 0.15) is 11.3 Å². The number of aryl methyl sites for hydroxylation is 2. The molecule has 3 N–H and O–H groups in total.